The lowest BCUT2D eigenvalue weighted by atomic mass is 10.1. The van der Waals surface area contributed by atoms with Crippen molar-refractivity contribution >= 4 is 28.4 Å². The summed E-state index contributed by atoms with van der Waals surface area (Å²) >= 11 is 1.47. The number of benzene rings is 2. The van der Waals surface area contributed by atoms with Gasteiger partial charge in [0.15, 0.2) is 0 Å². The molecular formula is C17H15N3OS. The van der Waals surface area contributed by atoms with E-state index in [1.54, 1.807) is 0 Å². The number of fused-ring (bicyclic) bond motifs is 2. The Hall–Kier alpha value is -2.27. The third kappa shape index (κ3) is 1.85. The Bertz CT molecular complexity index is 813. The fourth-order valence-corrected chi connectivity index (χ4v) is 3.89. The Morgan fingerprint density at radius 3 is 2.55 bits per heavy atom. The van der Waals surface area contributed by atoms with Gasteiger partial charge in [0.25, 0.3) is 5.91 Å². The quantitative estimate of drug-likeness (QED) is 0.851. The van der Waals surface area contributed by atoms with Crippen molar-refractivity contribution in [2.24, 2.45) is 5.10 Å². The van der Waals surface area contributed by atoms with E-state index in [4.69, 9.17) is 0 Å². The number of aryl methyl sites for hydroxylation is 2. The minimum atomic E-state index is -0.846. The normalized spacial score (nSPS) is 22.3. The molecule has 0 fully saturated rings. The lowest BCUT2D eigenvalue weighted by Gasteiger charge is -2.20. The van der Waals surface area contributed by atoms with Gasteiger partial charge in [0.2, 0.25) is 4.87 Å². The van der Waals surface area contributed by atoms with Gasteiger partial charge >= 0.3 is 0 Å². The molecule has 0 radical (unpaired) electrons. The highest BCUT2D eigenvalue weighted by molar-refractivity contribution is 8.16. The summed E-state index contributed by atoms with van der Waals surface area (Å²) in [5.41, 5.74) is 8.23. The number of hydrazone groups is 1. The molecular weight excluding hydrogens is 294 g/mol. The van der Waals surface area contributed by atoms with Crippen molar-refractivity contribution in [2.75, 3.05) is 5.32 Å². The first-order chi connectivity index (χ1) is 10.6. The Morgan fingerprint density at radius 1 is 1.05 bits per heavy atom. The standard InChI is InChI=1S/C17H15N3OS/c1-10-3-6-12(7-4-10)15-19-20-17(22-15)13-9-11(2)5-8-14(13)18-16(17)21/h3-9,20H,1-2H3,(H,18,21)/t17-/m0/s1. The number of hydrogen-bond acceptors (Lipinski definition) is 4. The van der Waals surface area contributed by atoms with Crippen molar-refractivity contribution in [3.8, 4) is 0 Å². The van der Waals surface area contributed by atoms with E-state index in [9.17, 15) is 4.79 Å². The molecule has 5 heteroatoms. The van der Waals surface area contributed by atoms with E-state index >= 15 is 0 Å². The van der Waals surface area contributed by atoms with Crippen LogP contribution in [-0.2, 0) is 9.67 Å². The van der Waals surface area contributed by atoms with E-state index in [0.717, 1.165) is 27.4 Å². The van der Waals surface area contributed by atoms with Gasteiger partial charge in [0.1, 0.15) is 5.04 Å². The SMILES string of the molecule is Cc1ccc(C2=NN[C@@]3(S2)C(=O)Nc2ccc(C)cc23)cc1. The summed E-state index contributed by atoms with van der Waals surface area (Å²) in [6.45, 7) is 4.08. The Kier molecular flexibility index (Phi) is 2.81. The molecule has 2 aromatic rings. The molecule has 1 spiro atoms. The number of anilines is 1. The summed E-state index contributed by atoms with van der Waals surface area (Å²) in [4.78, 5) is 11.7. The fourth-order valence-electron chi connectivity index (χ4n) is 2.74. The molecule has 22 heavy (non-hydrogen) atoms. The second kappa shape index (κ2) is 4.61. The van der Waals surface area contributed by atoms with Crippen molar-refractivity contribution in [1.29, 1.82) is 0 Å². The predicted molar refractivity (Wildman–Crippen MR) is 89.9 cm³/mol. The van der Waals surface area contributed by atoms with Crippen molar-refractivity contribution in [2.45, 2.75) is 18.7 Å². The molecule has 0 saturated carbocycles. The summed E-state index contributed by atoms with van der Waals surface area (Å²) in [6, 6.07) is 14.2. The zero-order valence-electron chi connectivity index (χ0n) is 12.3. The molecule has 4 nitrogen and oxygen atoms in total. The third-order valence-corrected chi connectivity index (χ3v) is 5.31. The van der Waals surface area contributed by atoms with Crippen LogP contribution in [0.3, 0.4) is 0 Å². The van der Waals surface area contributed by atoms with Gasteiger partial charge in [-0.25, -0.2) is 0 Å². The molecule has 1 atom stereocenters. The molecule has 110 valence electrons. The van der Waals surface area contributed by atoms with Crippen molar-refractivity contribution in [3.05, 3.63) is 64.7 Å². The zero-order valence-corrected chi connectivity index (χ0v) is 13.1. The first-order valence-electron chi connectivity index (χ1n) is 7.12. The second-order valence-corrected chi connectivity index (χ2v) is 6.88. The zero-order chi connectivity index (χ0) is 15.3. The van der Waals surface area contributed by atoms with Crippen LogP contribution in [0, 0.1) is 13.8 Å². The van der Waals surface area contributed by atoms with Crippen molar-refractivity contribution in [3.63, 3.8) is 0 Å². The molecule has 0 unspecified atom stereocenters. The molecule has 0 aromatic heterocycles. The summed E-state index contributed by atoms with van der Waals surface area (Å²) < 4.78 is 0. The van der Waals surface area contributed by atoms with Crippen LogP contribution >= 0.6 is 11.8 Å². The molecule has 1 amide bonds. The fraction of sp³-hybridized carbons (Fsp3) is 0.176. The number of amides is 1. The highest BCUT2D eigenvalue weighted by Crippen LogP contribution is 2.48. The second-order valence-electron chi connectivity index (χ2n) is 5.68. The molecule has 0 aliphatic carbocycles. The van der Waals surface area contributed by atoms with E-state index in [-0.39, 0.29) is 5.91 Å². The predicted octanol–water partition coefficient (Wildman–Crippen LogP) is 3.11. The molecule has 2 aliphatic rings. The molecule has 2 aliphatic heterocycles. The smallest absolute Gasteiger partial charge is 0.267 e. The minimum Gasteiger partial charge on any atom is -0.323 e. The van der Waals surface area contributed by atoms with Gasteiger partial charge in [-0.1, -0.05) is 59.3 Å². The largest absolute Gasteiger partial charge is 0.323 e. The van der Waals surface area contributed by atoms with Gasteiger partial charge in [0, 0.05) is 16.8 Å². The minimum absolute atomic E-state index is 0.0658. The maximum absolute atomic E-state index is 12.5. The molecule has 0 bridgehead atoms. The van der Waals surface area contributed by atoms with E-state index in [1.165, 1.54) is 17.3 Å². The van der Waals surface area contributed by atoms with Crippen molar-refractivity contribution < 1.29 is 4.79 Å². The average Bonchev–Trinajstić information content (AvgIpc) is 3.06. The number of rotatable bonds is 1. The van der Waals surface area contributed by atoms with Gasteiger partial charge in [-0.2, -0.15) is 5.10 Å². The van der Waals surface area contributed by atoms with Crippen LogP contribution in [0.5, 0.6) is 0 Å². The van der Waals surface area contributed by atoms with Gasteiger partial charge in [0.05, 0.1) is 0 Å². The van der Waals surface area contributed by atoms with Crippen molar-refractivity contribution in [1.82, 2.24) is 5.43 Å². The van der Waals surface area contributed by atoms with Gasteiger partial charge < -0.3 is 5.32 Å². The van der Waals surface area contributed by atoms with E-state index in [1.807, 2.05) is 37.3 Å². The average molecular weight is 309 g/mol. The number of thioether (sulfide) groups is 1. The van der Waals surface area contributed by atoms with Crippen LogP contribution in [0.15, 0.2) is 47.6 Å². The van der Waals surface area contributed by atoms with E-state index in [2.05, 4.69) is 34.9 Å². The van der Waals surface area contributed by atoms with E-state index < -0.39 is 4.87 Å². The lowest BCUT2D eigenvalue weighted by Crippen LogP contribution is -2.39. The summed E-state index contributed by atoms with van der Waals surface area (Å²) in [5, 5.41) is 8.20. The highest BCUT2D eigenvalue weighted by atomic mass is 32.2. The molecule has 2 N–H and O–H groups in total. The Balaban J connectivity index is 1.73. The van der Waals surface area contributed by atoms with Crippen LogP contribution in [0.2, 0.25) is 0 Å². The number of hydrogen-bond donors (Lipinski definition) is 2. The number of carbonyl (C=O) groups excluding carboxylic acids is 1. The summed E-state index contributed by atoms with van der Waals surface area (Å²) in [7, 11) is 0. The number of carbonyl (C=O) groups is 1. The first kappa shape index (κ1) is 13.4. The van der Waals surface area contributed by atoms with Gasteiger partial charge in [-0.3, -0.25) is 10.2 Å². The number of nitrogens with zero attached hydrogens (tertiary/aromatic N) is 1. The molecule has 4 rings (SSSR count). The maximum atomic E-state index is 12.5. The molecule has 0 saturated heterocycles. The third-order valence-electron chi connectivity index (χ3n) is 3.99. The maximum Gasteiger partial charge on any atom is 0.267 e. The van der Waals surface area contributed by atoms with Crippen LogP contribution in [0.25, 0.3) is 0 Å². The van der Waals surface area contributed by atoms with Gasteiger partial charge in [-0.15, -0.1) is 0 Å². The Morgan fingerprint density at radius 2 is 1.77 bits per heavy atom. The topological polar surface area (TPSA) is 53.5 Å². The van der Waals surface area contributed by atoms with Crippen LogP contribution < -0.4 is 10.7 Å². The van der Waals surface area contributed by atoms with Crippen LogP contribution in [0.1, 0.15) is 22.3 Å². The molecule has 2 heterocycles. The van der Waals surface area contributed by atoms with Gasteiger partial charge in [-0.05, 0) is 19.9 Å². The van der Waals surface area contributed by atoms with Crippen LogP contribution in [-0.4, -0.2) is 11.0 Å². The first-order valence-corrected chi connectivity index (χ1v) is 7.94. The lowest BCUT2D eigenvalue weighted by molar-refractivity contribution is -0.118. The van der Waals surface area contributed by atoms with Crippen LogP contribution in [0.4, 0.5) is 5.69 Å². The Labute approximate surface area is 133 Å². The monoisotopic (exact) mass is 309 g/mol. The number of nitrogens with one attached hydrogen (secondary N) is 2. The summed E-state index contributed by atoms with van der Waals surface area (Å²) in [6.07, 6.45) is 0. The highest BCUT2D eigenvalue weighted by Gasteiger charge is 2.51. The van der Waals surface area contributed by atoms with E-state index in [0.29, 0.717) is 0 Å². The summed E-state index contributed by atoms with van der Waals surface area (Å²) in [5.74, 6) is -0.0658. The molecule has 2 aromatic carbocycles.